The number of imidazole rings is 1. The molecule has 0 fully saturated rings. The second kappa shape index (κ2) is 9.95. The van der Waals surface area contributed by atoms with Crippen LogP contribution in [0.15, 0.2) is 42.6 Å². The van der Waals surface area contributed by atoms with E-state index in [1.165, 1.54) is 0 Å². The van der Waals surface area contributed by atoms with Gasteiger partial charge in [0.2, 0.25) is 0 Å². The summed E-state index contributed by atoms with van der Waals surface area (Å²) in [7, 11) is -1.19. The Bertz CT molecular complexity index is 889. The number of nitrogens with one attached hydrogen (secondary N) is 1. The summed E-state index contributed by atoms with van der Waals surface area (Å²) in [6.45, 7) is 8.51. The lowest BCUT2D eigenvalue weighted by molar-refractivity contribution is 0.0837. The van der Waals surface area contributed by atoms with E-state index in [0.717, 1.165) is 29.5 Å². The normalized spacial score (nSPS) is 16.7. The molecule has 0 saturated carbocycles. The molecule has 1 unspecified atom stereocenters. The zero-order chi connectivity index (χ0) is 21.6. The van der Waals surface area contributed by atoms with Gasteiger partial charge in [-0.1, -0.05) is 43.9 Å². The second-order valence-electron chi connectivity index (χ2n) is 8.64. The van der Waals surface area contributed by atoms with E-state index in [0.29, 0.717) is 32.2 Å². The Morgan fingerprint density at radius 2 is 2.13 bits per heavy atom. The lowest BCUT2D eigenvalue weighted by Gasteiger charge is -2.18. The number of hydrogen-bond acceptors (Lipinski definition) is 4. The molecule has 1 aromatic carbocycles. The van der Waals surface area contributed by atoms with Crippen LogP contribution in [0.3, 0.4) is 0 Å². The number of ether oxygens (including phenoxy) is 2. The van der Waals surface area contributed by atoms with E-state index in [-0.39, 0.29) is 0 Å². The molecule has 2 heterocycles. The average molecular weight is 430 g/mol. The van der Waals surface area contributed by atoms with Crippen molar-refractivity contribution in [1.29, 1.82) is 0 Å². The quantitative estimate of drug-likeness (QED) is 0.387. The zero-order valence-electron chi connectivity index (χ0n) is 17.9. The summed E-state index contributed by atoms with van der Waals surface area (Å²) in [6.07, 6.45) is 6.11. The fourth-order valence-corrected chi connectivity index (χ4v) is 4.01. The molecule has 7 nitrogen and oxygen atoms in total. The summed E-state index contributed by atoms with van der Waals surface area (Å²) < 4.78 is 13.8. The van der Waals surface area contributed by atoms with E-state index in [4.69, 9.17) is 14.5 Å². The van der Waals surface area contributed by atoms with E-state index in [1.54, 1.807) is 0 Å². The summed E-state index contributed by atoms with van der Waals surface area (Å²) in [5, 5.41) is 12.0. The molecule has 162 valence electrons. The molecule has 30 heavy (non-hydrogen) atoms. The Morgan fingerprint density at radius 1 is 1.33 bits per heavy atom. The lowest BCUT2D eigenvalue weighted by atomic mass is 10.1. The zero-order valence-corrected chi connectivity index (χ0v) is 18.9. The maximum Gasteiger partial charge on any atom is 0.405 e. The highest BCUT2D eigenvalue weighted by Gasteiger charge is 2.22. The Kier molecular flexibility index (Phi) is 7.33. The molecule has 2 aromatic rings. The molecule has 2 bridgehead atoms. The first kappa shape index (κ1) is 22.1. The molecule has 0 radical (unpaired) electrons. The standard InChI is InChI=1S/C22H31N3O4Si/c1-30(2,3)14-13-28-16-25-15-19-17-9-6-7-11-20(17)29-12-8-4-5-10-18(21(25)23-19)24-22(26)27/h4-7,9,11,15,18,24H,8,10,12-14,16H2,1-3H3,(H,26,27). The van der Waals surface area contributed by atoms with Crippen LogP contribution >= 0.6 is 0 Å². The number of benzene rings is 1. The molecule has 2 N–H and O–H groups in total. The Balaban J connectivity index is 1.94. The third-order valence-electron chi connectivity index (χ3n) is 4.89. The summed E-state index contributed by atoms with van der Waals surface area (Å²) in [5.74, 6) is 1.41. The van der Waals surface area contributed by atoms with Crippen molar-refractivity contribution in [3.05, 3.63) is 48.4 Å². The van der Waals surface area contributed by atoms with E-state index >= 15 is 0 Å². The molecule has 1 aliphatic rings. The van der Waals surface area contributed by atoms with Crippen molar-refractivity contribution >= 4 is 14.2 Å². The summed E-state index contributed by atoms with van der Waals surface area (Å²) in [4.78, 5) is 16.2. The Labute approximate surface area is 178 Å². The molecule has 0 spiro atoms. The minimum atomic E-state index is -1.19. The highest BCUT2D eigenvalue weighted by Crippen LogP contribution is 2.31. The van der Waals surface area contributed by atoms with Crippen molar-refractivity contribution in [2.75, 3.05) is 13.2 Å². The number of carbonyl (C=O) groups is 1. The number of amides is 1. The van der Waals surface area contributed by atoms with Crippen molar-refractivity contribution < 1.29 is 19.4 Å². The van der Waals surface area contributed by atoms with Crippen LogP contribution in [0.25, 0.3) is 11.3 Å². The smallest absolute Gasteiger partial charge is 0.405 e. The van der Waals surface area contributed by atoms with Gasteiger partial charge < -0.3 is 24.5 Å². The largest absolute Gasteiger partial charge is 0.493 e. The molecule has 1 aromatic heterocycles. The number of fused-ring (bicyclic) bond motifs is 4. The number of rotatable bonds is 6. The van der Waals surface area contributed by atoms with Crippen LogP contribution in [0.1, 0.15) is 24.7 Å². The molecule has 3 rings (SSSR count). The van der Waals surface area contributed by atoms with Gasteiger partial charge in [-0.25, -0.2) is 9.78 Å². The minimum Gasteiger partial charge on any atom is -0.493 e. The van der Waals surface area contributed by atoms with E-state index in [9.17, 15) is 9.90 Å². The number of hydrogen-bond donors (Lipinski definition) is 2. The van der Waals surface area contributed by atoms with Gasteiger partial charge in [0.25, 0.3) is 0 Å². The van der Waals surface area contributed by atoms with E-state index < -0.39 is 20.2 Å². The molecule has 1 amide bonds. The van der Waals surface area contributed by atoms with Crippen LogP contribution in [-0.2, 0) is 11.5 Å². The van der Waals surface area contributed by atoms with Crippen LogP contribution < -0.4 is 10.1 Å². The fourth-order valence-electron chi connectivity index (χ4n) is 3.25. The van der Waals surface area contributed by atoms with Crippen molar-refractivity contribution in [1.82, 2.24) is 14.9 Å². The first-order valence-corrected chi connectivity index (χ1v) is 14.1. The maximum absolute atomic E-state index is 11.4. The Morgan fingerprint density at radius 3 is 2.90 bits per heavy atom. The molecule has 0 aliphatic carbocycles. The predicted molar refractivity (Wildman–Crippen MR) is 120 cm³/mol. The molecule has 8 heteroatoms. The maximum atomic E-state index is 11.4. The number of aromatic nitrogens is 2. The third-order valence-corrected chi connectivity index (χ3v) is 6.59. The van der Waals surface area contributed by atoms with E-state index in [2.05, 4.69) is 25.0 Å². The van der Waals surface area contributed by atoms with Gasteiger partial charge in [0.15, 0.2) is 0 Å². The van der Waals surface area contributed by atoms with Gasteiger partial charge in [-0.15, -0.1) is 0 Å². The minimum absolute atomic E-state index is 0.331. The monoisotopic (exact) mass is 429 g/mol. The van der Waals surface area contributed by atoms with Gasteiger partial charge in [-0.05, 0) is 31.0 Å². The fraction of sp³-hybridized carbons (Fsp3) is 0.455. The van der Waals surface area contributed by atoms with Crippen LogP contribution in [-0.4, -0.2) is 42.0 Å². The van der Waals surface area contributed by atoms with Crippen molar-refractivity contribution in [2.45, 2.75) is 51.3 Å². The number of carboxylic acid groups (broad SMARTS) is 1. The second-order valence-corrected chi connectivity index (χ2v) is 14.3. The van der Waals surface area contributed by atoms with Gasteiger partial charge in [0, 0.05) is 26.4 Å². The average Bonchev–Trinajstić information content (AvgIpc) is 3.09. The van der Waals surface area contributed by atoms with Gasteiger partial charge >= 0.3 is 6.09 Å². The molecular weight excluding hydrogens is 398 g/mol. The molecule has 1 atom stereocenters. The lowest BCUT2D eigenvalue weighted by Crippen LogP contribution is -2.29. The van der Waals surface area contributed by atoms with Gasteiger partial charge in [0.05, 0.1) is 18.3 Å². The number of nitrogens with zero attached hydrogens (tertiary/aromatic N) is 2. The third kappa shape index (κ3) is 6.21. The van der Waals surface area contributed by atoms with Gasteiger partial charge in [-0.2, -0.15) is 0 Å². The SMILES string of the molecule is C[Si](C)(C)CCOCn1cc2nc1C(NC(=O)O)CC=CCCOc1ccccc1-2. The van der Waals surface area contributed by atoms with Crippen LogP contribution in [0.2, 0.25) is 25.7 Å². The molecule has 1 aliphatic heterocycles. The summed E-state index contributed by atoms with van der Waals surface area (Å²) >= 11 is 0. The van der Waals surface area contributed by atoms with Crippen LogP contribution in [0.4, 0.5) is 4.79 Å². The van der Waals surface area contributed by atoms with Crippen molar-refractivity contribution in [3.8, 4) is 17.0 Å². The van der Waals surface area contributed by atoms with Crippen LogP contribution in [0.5, 0.6) is 5.75 Å². The van der Waals surface area contributed by atoms with Crippen molar-refractivity contribution in [2.24, 2.45) is 0 Å². The topological polar surface area (TPSA) is 85.6 Å². The first-order chi connectivity index (χ1) is 14.3. The molecular formula is C22H31N3O4Si. The number of para-hydroxylation sites is 1. The van der Waals surface area contributed by atoms with E-state index in [1.807, 2.05) is 47.2 Å². The van der Waals surface area contributed by atoms with Gasteiger partial charge in [0.1, 0.15) is 18.3 Å². The first-order valence-electron chi connectivity index (χ1n) is 10.3. The summed E-state index contributed by atoms with van der Waals surface area (Å²) in [6, 6.07) is 8.40. The highest BCUT2D eigenvalue weighted by molar-refractivity contribution is 6.76. The van der Waals surface area contributed by atoms with Gasteiger partial charge in [-0.3, -0.25) is 0 Å². The predicted octanol–water partition coefficient (Wildman–Crippen LogP) is 4.90. The molecule has 0 saturated heterocycles. The van der Waals surface area contributed by atoms with Crippen LogP contribution in [0, 0.1) is 0 Å². The van der Waals surface area contributed by atoms with Crippen molar-refractivity contribution in [3.63, 3.8) is 0 Å². The Hall–Kier alpha value is -2.58. The summed E-state index contributed by atoms with van der Waals surface area (Å²) in [5.41, 5.74) is 1.63. The highest BCUT2D eigenvalue weighted by atomic mass is 28.3.